The zero-order valence-electron chi connectivity index (χ0n) is 11.9. The lowest BCUT2D eigenvalue weighted by atomic mass is 10.1. The minimum absolute atomic E-state index is 0.00904. The maximum atomic E-state index is 12.7. The Hall–Kier alpha value is -2.76. The van der Waals surface area contributed by atoms with Crippen molar-refractivity contribution in [3.63, 3.8) is 0 Å². The lowest BCUT2D eigenvalue weighted by molar-refractivity contribution is -0.384. The van der Waals surface area contributed by atoms with Gasteiger partial charge in [-0.3, -0.25) is 19.9 Å². The molecule has 0 N–H and O–H groups in total. The molecule has 0 radical (unpaired) electrons. The van der Waals surface area contributed by atoms with Gasteiger partial charge in [0.1, 0.15) is 0 Å². The first-order chi connectivity index (χ1) is 10.7. The summed E-state index contributed by atoms with van der Waals surface area (Å²) in [5.74, 6) is -0.164. The fourth-order valence-electron chi connectivity index (χ4n) is 2.86. The van der Waals surface area contributed by atoms with Crippen molar-refractivity contribution in [1.29, 1.82) is 0 Å². The highest BCUT2D eigenvalue weighted by atomic mass is 16.6. The average Bonchev–Trinajstić information content (AvgIpc) is 3.04. The minimum Gasteiger partial charge on any atom is -0.332 e. The van der Waals surface area contributed by atoms with Crippen LogP contribution in [0.2, 0.25) is 0 Å². The molecule has 1 saturated heterocycles. The zero-order chi connectivity index (χ0) is 15.5. The first kappa shape index (κ1) is 14.2. The number of non-ortho nitro benzene ring substituents is 1. The number of nitro benzene ring substituents is 1. The first-order valence-corrected chi connectivity index (χ1v) is 7.12. The Morgan fingerprint density at radius 3 is 2.77 bits per heavy atom. The highest BCUT2D eigenvalue weighted by molar-refractivity contribution is 5.95. The van der Waals surface area contributed by atoms with Crippen LogP contribution in [0.15, 0.2) is 48.8 Å². The zero-order valence-corrected chi connectivity index (χ0v) is 11.9. The molecule has 3 rings (SSSR count). The van der Waals surface area contributed by atoms with Crippen LogP contribution in [0, 0.1) is 10.1 Å². The second-order valence-electron chi connectivity index (χ2n) is 5.24. The molecule has 1 fully saturated rings. The maximum Gasteiger partial charge on any atom is 0.270 e. The molecule has 1 amide bonds. The quantitative estimate of drug-likeness (QED) is 0.644. The Morgan fingerprint density at radius 2 is 2.05 bits per heavy atom. The monoisotopic (exact) mass is 297 g/mol. The van der Waals surface area contributed by atoms with E-state index in [1.54, 1.807) is 29.4 Å². The van der Waals surface area contributed by atoms with Crippen LogP contribution < -0.4 is 0 Å². The summed E-state index contributed by atoms with van der Waals surface area (Å²) in [7, 11) is 0. The topological polar surface area (TPSA) is 76.3 Å². The van der Waals surface area contributed by atoms with Gasteiger partial charge < -0.3 is 4.90 Å². The Kier molecular flexibility index (Phi) is 3.82. The summed E-state index contributed by atoms with van der Waals surface area (Å²) >= 11 is 0. The number of hydrogen-bond donors (Lipinski definition) is 0. The molecule has 112 valence electrons. The van der Waals surface area contributed by atoms with Crippen LogP contribution >= 0.6 is 0 Å². The average molecular weight is 297 g/mol. The van der Waals surface area contributed by atoms with E-state index < -0.39 is 4.92 Å². The van der Waals surface area contributed by atoms with Gasteiger partial charge >= 0.3 is 0 Å². The normalized spacial score (nSPS) is 17.5. The second-order valence-corrected chi connectivity index (χ2v) is 5.24. The molecule has 0 unspecified atom stereocenters. The van der Waals surface area contributed by atoms with E-state index >= 15 is 0 Å². The fraction of sp³-hybridized carbons (Fsp3) is 0.250. The van der Waals surface area contributed by atoms with Crippen LogP contribution in [0.3, 0.4) is 0 Å². The van der Waals surface area contributed by atoms with Gasteiger partial charge in [0.2, 0.25) is 0 Å². The van der Waals surface area contributed by atoms with Crippen molar-refractivity contribution in [3.8, 4) is 0 Å². The predicted octanol–water partition coefficient (Wildman–Crippen LogP) is 2.97. The third-order valence-corrected chi connectivity index (χ3v) is 3.91. The van der Waals surface area contributed by atoms with E-state index in [0.29, 0.717) is 12.1 Å². The third kappa shape index (κ3) is 2.67. The second kappa shape index (κ2) is 5.93. The number of likely N-dealkylation sites (tertiary alicyclic amines) is 1. The molecule has 0 aliphatic carbocycles. The third-order valence-electron chi connectivity index (χ3n) is 3.91. The molecule has 1 aromatic heterocycles. The Bertz CT molecular complexity index is 703. The SMILES string of the molecule is O=C(c1cccc([N+](=O)[O-])c1)N1CCC[C@H]1c1ccncc1. The molecule has 1 aliphatic rings. The molecule has 6 nitrogen and oxygen atoms in total. The summed E-state index contributed by atoms with van der Waals surface area (Å²) in [5, 5.41) is 10.9. The van der Waals surface area contributed by atoms with Gasteiger partial charge in [-0.1, -0.05) is 6.07 Å². The first-order valence-electron chi connectivity index (χ1n) is 7.12. The van der Waals surface area contributed by atoms with Gasteiger partial charge in [-0.25, -0.2) is 0 Å². The van der Waals surface area contributed by atoms with Gasteiger partial charge in [-0.15, -0.1) is 0 Å². The maximum absolute atomic E-state index is 12.7. The summed E-state index contributed by atoms with van der Waals surface area (Å²) in [6, 6.07) is 9.72. The number of nitro groups is 1. The smallest absolute Gasteiger partial charge is 0.270 e. The largest absolute Gasteiger partial charge is 0.332 e. The summed E-state index contributed by atoms with van der Waals surface area (Å²) in [4.78, 5) is 28.8. The molecule has 0 bridgehead atoms. The summed E-state index contributed by atoms with van der Waals surface area (Å²) < 4.78 is 0. The minimum atomic E-state index is -0.485. The number of hydrogen-bond acceptors (Lipinski definition) is 4. The number of rotatable bonds is 3. The lowest BCUT2D eigenvalue weighted by Crippen LogP contribution is -2.30. The highest BCUT2D eigenvalue weighted by Gasteiger charge is 2.30. The lowest BCUT2D eigenvalue weighted by Gasteiger charge is -2.25. The van der Waals surface area contributed by atoms with Gasteiger partial charge in [0, 0.05) is 36.6 Å². The van der Waals surface area contributed by atoms with E-state index in [4.69, 9.17) is 0 Å². The molecule has 1 aromatic carbocycles. The van der Waals surface area contributed by atoms with Crippen molar-refractivity contribution in [1.82, 2.24) is 9.88 Å². The van der Waals surface area contributed by atoms with Gasteiger partial charge in [0.05, 0.1) is 11.0 Å². The van der Waals surface area contributed by atoms with Crippen LogP contribution in [0.1, 0.15) is 34.8 Å². The fourth-order valence-corrected chi connectivity index (χ4v) is 2.86. The standard InChI is InChI=1S/C16H15N3O3/c20-16(13-3-1-4-14(11-13)19(21)22)18-10-2-5-15(18)12-6-8-17-9-7-12/h1,3-4,6-9,11,15H,2,5,10H2/t15-/m0/s1. The highest BCUT2D eigenvalue weighted by Crippen LogP contribution is 2.33. The molecule has 1 aliphatic heterocycles. The summed E-state index contributed by atoms with van der Waals surface area (Å²) in [5.41, 5.74) is 1.34. The van der Waals surface area contributed by atoms with Crippen molar-refractivity contribution in [2.45, 2.75) is 18.9 Å². The molecule has 6 heteroatoms. The van der Waals surface area contributed by atoms with E-state index in [1.165, 1.54) is 12.1 Å². The number of nitrogens with zero attached hydrogens (tertiary/aromatic N) is 3. The van der Waals surface area contributed by atoms with E-state index in [0.717, 1.165) is 18.4 Å². The van der Waals surface area contributed by atoms with E-state index in [1.807, 2.05) is 12.1 Å². The van der Waals surface area contributed by atoms with Gasteiger partial charge in [-0.05, 0) is 36.6 Å². The molecule has 0 saturated carbocycles. The number of carbonyl (C=O) groups excluding carboxylic acids is 1. The Balaban J connectivity index is 1.88. The van der Waals surface area contributed by atoms with Crippen LogP contribution in [0.4, 0.5) is 5.69 Å². The number of carbonyl (C=O) groups is 1. The Labute approximate surface area is 127 Å². The van der Waals surface area contributed by atoms with Crippen molar-refractivity contribution in [2.24, 2.45) is 0 Å². The van der Waals surface area contributed by atoms with Crippen LogP contribution in [-0.4, -0.2) is 27.3 Å². The van der Waals surface area contributed by atoms with E-state index in [2.05, 4.69) is 4.98 Å². The molecular formula is C16H15N3O3. The van der Waals surface area contributed by atoms with Crippen molar-refractivity contribution in [2.75, 3.05) is 6.54 Å². The van der Waals surface area contributed by atoms with E-state index in [9.17, 15) is 14.9 Å². The van der Waals surface area contributed by atoms with Gasteiger partial charge in [0.15, 0.2) is 0 Å². The van der Waals surface area contributed by atoms with Crippen LogP contribution in [-0.2, 0) is 0 Å². The molecule has 2 aromatic rings. The number of aromatic nitrogens is 1. The van der Waals surface area contributed by atoms with E-state index in [-0.39, 0.29) is 17.6 Å². The van der Waals surface area contributed by atoms with Crippen LogP contribution in [0.25, 0.3) is 0 Å². The molecule has 0 spiro atoms. The van der Waals surface area contributed by atoms with Crippen molar-refractivity contribution < 1.29 is 9.72 Å². The van der Waals surface area contributed by atoms with Gasteiger partial charge in [-0.2, -0.15) is 0 Å². The van der Waals surface area contributed by atoms with Crippen molar-refractivity contribution in [3.05, 3.63) is 70.0 Å². The van der Waals surface area contributed by atoms with Crippen molar-refractivity contribution >= 4 is 11.6 Å². The molecule has 2 heterocycles. The number of pyridine rings is 1. The van der Waals surface area contributed by atoms with Gasteiger partial charge in [0.25, 0.3) is 11.6 Å². The number of amides is 1. The van der Waals surface area contributed by atoms with Crippen LogP contribution in [0.5, 0.6) is 0 Å². The summed E-state index contributed by atoms with van der Waals surface area (Å²) in [6.45, 7) is 0.661. The number of benzene rings is 1. The molecule has 1 atom stereocenters. The molecular weight excluding hydrogens is 282 g/mol. The summed E-state index contributed by atoms with van der Waals surface area (Å²) in [6.07, 6.45) is 5.24. The predicted molar refractivity (Wildman–Crippen MR) is 80.3 cm³/mol. The molecule has 22 heavy (non-hydrogen) atoms. The Morgan fingerprint density at radius 1 is 1.27 bits per heavy atom.